The Hall–Kier alpha value is -2.15. The zero-order valence-electron chi connectivity index (χ0n) is 21.0. The average molecular weight is 461 g/mol. The van der Waals surface area contributed by atoms with Crippen molar-refractivity contribution in [1.82, 2.24) is 0 Å². The fraction of sp³-hybridized carbons (Fsp3) is 0.593. The number of hydrogen-bond donors (Lipinski definition) is 1. The van der Waals surface area contributed by atoms with Crippen LogP contribution in [-0.4, -0.2) is 37.9 Å². The first kappa shape index (κ1) is 27.1. The molecule has 3 atom stereocenters. The predicted molar refractivity (Wildman–Crippen MR) is 129 cm³/mol. The van der Waals surface area contributed by atoms with Crippen molar-refractivity contribution in [2.75, 3.05) is 14.2 Å². The number of ether oxygens (including phenoxy) is 4. The third-order valence-electron chi connectivity index (χ3n) is 6.07. The second-order valence-corrected chi connectivity index (χ2v) is 8.99. The van der Waals surface area contributed by atoms with Gasteiger partial charge in [0.15, 0.2) is 24.1 Å². The van der Waals surface area contributed by atoms with Gasteiger partial charge in [-0.25, -0.2) is 4.79 Å². The van der Waals surface area contributed by atoms with Gasteiger partial charge in [-0.3, -0.25) is 0 Å². The van der Waals surface area contributed by atoms with Gasteiger partial charge in [0.1, 0.15) is 0 Å². The lowest BCUT2D eigenvalue weighted by molar-refractivity contribution is -0.177. The Bertz CT molecular complexity index is 830. The Morgan fingerprint density at radius 1 is 1.15 bits per heavy atom. The van der Waals surface area contributed by atoms with Crippen molar-refractivity contribution >= 4 is 5.97 Å². The first-order chi connectivity index (χ1) is 15.7. The minimum absolute atomic E-state index is 0.0354. The van der Waals surface area contributed by atoms with Gasteiger partial charge in [0.05, 0.1) is 5.57 Å². The van der Waals surface area contributed by atoms with Crippen molar-refractivity contribution in [3.8, 4) is 0 Å². The molecule has 0 bridgehead atoms. The zero-order valence-corrected chi connectivity index (χ0v) is 21.0. The molecule has 6 heteroatoms. The van der Waals surface area contributed by atoms with Crippen LogP contribution in [0.2, 0.25) is 0 Å². The summed E-state index contributed by atoms with van der Waals surface area (Å²) in [6.07, 6.45) is 14.9. The molecule has 2 heterocycles. The largest absolute Gasteiger partial charge is 0.504 e. The van der Waals surface area contributed by atoms with E-state index in [-0.39, 0.29) is 29.8 Å². The van der Waals surface area contributed by atoms with Gasteiger partial charge in [0, 0.05) is 14.2 Å². The molecule has 33 heavy (non-hydrogen) atoms. The molecule has 0 aromatic carbocycles. The normalized spacial score (nSPS) is 24.0. The molecule has 0 fully saturated rings. The first-order valence-corrected chi connectivity index (χ1v) is 11.8. The number of cyclic esters (lactones) is 1. The summed E-state index contributed by atoms with van der Waals surface area (Å²) in [5.74, 6) is 0.00362. The first-order valence-electron chi connectivity index (χ1n) is 11.8. The molecule has 1 N–H and O–H groups in total. The molecule has 0 radical (unpaired) electrons. The monoisotopic (exact) mass is 460 g/mol. The lowest BCUT2D eigenvalue weighted by atomic mass is 10.0. The molecule has 184 valence electrons. The number of hydrogen-bond acceptors (Lipinski definition) is 6. The van der Waals surface area contributed by atoms with E-state index < -0.39 is 5.97 Å². The molecule has 2 rings (SSSR count). The highest BCUT2D eigenvalue weighted by Crippen LogP contribution is 2.27. The summed E-state index contributed by atoms with van der Waals surface area (Å²) in [6.45, 7) is 8.00. The molecule has 3 unspecified atom stereocenters. The third kappa shape index (κ3) is 8.61. The van der Waals surface area contributed by atoms with Crippen LogP contribution in [0.1, 0.15) is 72.6 Å². The summed E-state index contributed by atoms with van der Waals surface area (Å²) >= 11 is 0. The average Bonchev–Trinajstić information content (AvgIpc) is 3.29. The molecule has 2 aliphatic rings. The number of esters is 1. The Labute approximate surface area is 198 Å². The van der Waals surface area contributed by atoms with Crippen LogP contribution in [0.4, 0.5) is 0 Å². The topological polar surface area (TPSA) is 74.2 Å². The van der Waals surface area contributed by atoms with E-state index in [1.807, 2.05) is 12.2 Å². The quantitative estimate of drug-likeness (QED) is 0.252. The summed E-state index contributed by atoms with van der Waals surface area (Å²) in [5, 5.41) is 9.91. The summed E-state index contributed by atoms with van der Waals surface area (Å²) in [6, 6.07) is 0. The van der Waals surface area contributed by atoms with Crippen LogP contribution in [0.3, 0.4) is 0 Å². The van der Waals surface area contributed by atoms with E-state index in [1.54, 1.807) is 21.1 Å². The number of allylic oxidation sites excluding steroid dienone is 5. The van der Waals surface area contributed by atoms with Gasteiger partial charge in [-0.1, -0.05) is 30.2 Å². The lowest BCUT2D eigenvalue weighted by Gasteiger charge is -2.14. The Morgan fingerprint density at radius 2 is 1.85 bits per heavy atom. The summed E-state index contributed by atoms with van der Waals surface area (Å²) in [5.41, 5.74) is 4.23. The van der Waals surface area contributed by atoms with Gasteiger partial charge in [-0.15, -0.1) is 0 Å². The molecule has 0 saturated carbocycles. The fourth-order valence-corrected chi connectivity index (χ4v) is 3.91. The lowest BCUT2D eigenvalue weighted by Crippen LogP contribution is -2.17. The fourth-order valence-electron chi connectivity index (χ4n) is 3.91. The van der Waals surface area contributed by atoms with Gasteiger partial charge >= 0.3 is 5.97 Å². The minimum atomic E-state index is -0.464. The highest BCUT2D eigenvalue weighted by molar-refractivity contribution is 5.93. The maximum absolute atomic E-state index is 11.5. The van der Waals surface area contributed by atoms with Crippen molar-refractivity contribution < 1.29 is 28.8 Å². The van der Waals surface area contributed by atoms with Crippen LogP contribution in [0, 0.1) is 5.92 Å². The Kier molecular flexibility index (Phi) is 11.1. The third-order valence-corrected chi connectivity index (χ3v) is 6.07. The van der Waals surface area contributed by atoms with Gasteiger partial charge in [-0.05, 0) is 89.4 Å². The highest BCUT2D eigenvalue weighted by atomic mass is 16.8. The van der Waals surface area contributed by atoms with Crippen molar-refractivity contribution in [2.24, 2.45) is 5.92 Å². The van der Waals surface area contributed by atoms with Gasteiger partial charge < -0.3 is 24.1 Å². The van der Waals surface area contributed by atoms with Crippen molar-refractivity contribution in [1.29, 1.82) is 0 Å². The van der Waals surface area contributed by atoms with Crippen LogP contribution >= 0.6 is 0 Å². The number of carbonyl (C=O) groups excluding carboxylic acids is 1. The van der Waals surface area contributed by atoms with E-state index in [0.717, 1.165) is 50.5 Å². The van der Waals surface area contributed by atoms with Crippen LogP contribution < -0.4 is 0 Å². The van der Waals surface area contributed by atoms with Crippen LogP contribution in [0.5, 0.6) is 0 Å². The smallest absolute Gasteiger partial charge is 0.343 e. The van der Waals surface area contributed by atoms with E-state index in [9.17, 15) is 9.90 Å². The van der Waals surface area contributed by atoms with Gasteiger partial charge in [-0.2, -0.15) is 0 Å². The van der Waals surface area contributed by atoms with E-state index in [2.05, 4.69) is 32.9 Å². The number of aliphatic hydroxyl groups excluding tert-OH is 1. The Morgan fingerprint density at radius 3 is 2.48 bits per heavy atom. The second kappa shape index (κ2) is 13.5. The zero-order chi connectivity index (χ0) is 24.4. The molecular formula is C27H40O6. The summed E-state index contributed by atoms with van der Waals surface area (Å²) in [4.78, 5) is 11.5. The molecule has 0 spiro atoms. The molecule has 2 aliphatic heterocycles. The maximum atomic E-state index is 11.5. The highest BCUT2D eigenvalue weighted by Gasteiger charge is 2.27. The Balaban J connectivity index is 1.66. The van der Waals surface area contributed by atoms with Crippen molar-refractivity contribution in [2.45, 2.75) is 85.2 Å². The van der Waals surface area contributed by atoms with E-state index in [1.165, 1.54) is 11.1 Å². The van der Waals surface area contributed by atoms with E-state index in [4.69, 9.17) is 18.9 Å². The standard InChI is InChI=1S/C27H40O6/c1-18(12-8-14-20(3)16-23-25(28)21(4)26(29)32-23)10-7-11-19(2)13-9-15-22-17-24(30-5)33-27(22)31-6/h11-12,16-17,20,24,27-28H,7-10,13-15H2,1-6H3. The van der Waals surface area contributed by atoms with Crippen molar-refractivity contribution in [3.05, 3.63) is 58.1 Å². The van der Waals surface area contributed by atoms with E-state index >= 15 is 0 Å². The van der Waals surface area contributed by atoms with Crippen molar-refractivity contribution in [3.63, 3.8) is 0 Å². The predicted octanol–water partition coefficient (Wildman–Crippen LogP) is 6.42. The minimum Gasteiger partial charge on any atom is -0.504 e. The van der Waals surface area contributed by atoms with Gasteiger partial charge in [0.25, 0.3) is 0 Å². The molecular weight excluding hydrogens is 420 g/mol. The number of carbonyl (C=O) groups is 1. The molecule has 6 nitrogen and oxygen atoms in total. The van der Waals surface area contributed by atoms with E-state index in [0.29, 0.717) is 5.76 Å². The van der Waals surface area contributed by atoms with Crippen LogP contribution in [0.15, 0.2) is 58.1 Å². The van der Waals surface area contributed by atoms with Gasteiger partial charge in [0.2, 0.25) is 0 Å². The molecule has 0 aromatic rings. The number of aliphatic hydroxyl groups is 1. The summed E-state index contributed by atoms with van der Waals surface area (Å²) in [7, 11) is 3.29. The molecule has 0 aliphatic carbocycles. The van der Waals surface area contributed by atoms with Crippen LogP contribution in [-0.2, 0) is 23.7 Å². The summed E-state index contributed by atoms with van der Waals surface area (Å²) < 4.78 is 21.3. The van der Waals surface area contributed by atoms with Crippen LogP contribution in [0.25, 0.3) is 0 Å². The maximum Gasteiger partial charge on any atom is 0.343 e. The molecule has 0 aromatic heterocycles. The SMILES string of the molecule is COC1C=C(CCCC(C)=CCCC(C)=CCCC(C)C=C2OC(=O)C(C)=C2O)C(OC)O1. The molecule has 0 amide bonds. The number of methoxy groups -OCH3 is 2. The second-order valence-electron chi connectivity index (χ2n) is 8.99. The number of rotatable bonds is 13. The molecule has 0 saturated heterocycles.